The third kappa shape index (κ3) is 5.53. The molecule has 3 rings (SSSR count). The van der Waals surface area contributed by atoms with Crippen LogP contribution >= 0.6 is 0 Å². The molecule has 2 aromatic rings. The van der Waals surface area contributed by atoms with Crippen molar-refractivity contribution in [1.82, 2.24) is 14.9 Å². The van der Waals surface area contributed by atoms with Crippen molar-refractivity contribution in [3.8, 4) is 17.1 Å². The van der Waals surface area contributed by atoms with Crippen LogP contribution in [0.15, 0.2) is 24.5 Å². The molecule has 31 heavy (non-hydrogen) atoms. The standard InChI is InChI=1S/C22H30N4O5/c1-14(2)16-12-18(26(28)29)19(13-17(16)20-23-8-9-24-20)30-15-6-10-25(11-7-15)21(27)31-22(3,4)5/h8-9,12-15H,6-7,10-11H2,1-5H3,(H,23,24). The summed E-state index contributed by atoms with van der Waals surface area (Å²) in [5.41, 5.74) is 1.000. The highest BCUT2D eigenvalue weighted by molar-refractivity contribution is 5.69. The van der Waals surface area contributed by atoms with Gasteiger partial charge in [-0.3, -0.25) is 10.1 Å². The zero-order chi connectivity index (χ0) is 22.8. The maximum Gasteiger partial charge on any atom is 0.410 e. The molecule has 0 radical (unpaired) electrons. The highest BCUT2D eigenvalue weighted by Gasteiger charge is 2.30. The number of ether oxygens (including phenoxy) is 2. The van der Waals surface area contributed by atoms with E-state index in [0.717, 1.165) is 11.1 Å². The highest BCUT2D eigenvalue weighted by Crippen LogP contribution is 2.39. The Hall–Kier alpha value is -3.10. The summed E-state index contributed by atoms with van der Waals surface area (Å²) in [7, 11) is 0. The Morgan fingerprint density at radius 2 is 1.97 bits per heavy atom. The minimum absolute atomic E-state index is 0.0615. The molecule has 1 aliphatic heterocycles. The summed E-state index contributed by atoms with van der Waals surface area (Å²) < 4.78 is 11.5. The molecule has 0 bridgehead atoms. The molecule has 2 heterocycles. The molecule has 1 fully saturated rings. The molecule has 9 heteroatoms. The van der Waals surface area contributed by atoms with Crippen LogP contribution in [0.1, 0.15) is 58.9 Å². The first kappa shape index (κ1) is 22.6. The second-order valence-electron chi connectivity index (χ2n) is 9.04. The number of H-pyrrole nitrogens is 1. The molecule has 0 unspecified atom stereocenters. The number of hydrogen-bond donors (Lipinski definition) is 1. The van der Waals surface area contributed by atoms with Crippen LogP contribution in [-0.2, 0) is 4.74 Å². The Morgan fingerprint density at radius 1 is 1.29 bits per heavy atom. The molecular weight excluding hydrogens is 400 g/mol. The van der Waals surface area contributed by atoms with E-state index in [0.29, 0.717) is 31.8 Å². The molecule has 9 nitrogen and oxygen atoms in total. The third-order valence-electron chi connectivity index (χ3n) is 5.09. The summed E-state index contributed by atoms with van der Waals surface area (Å²) in [6, 6.07) is 3.28. The zero-order valence-corrected chi connectivity index (χ0v) is 18.7. The van der Waals surface area contributed by atoms with Gasteiger partial charge in [0.25, 0.3) is 0 Å². The summed E-state index contributed by atoms with van der Waals surface area (Å²) in [5, 5.41) is 11.7. The predicted octanol–water partition coefficient (Wildman–Crippen LogP) is 4.89. The molecule has 1 aliphatic rings. The molecule has 1 N–H and O–H groups in total. The number of piperidine rings is 1. The average molecular weight is 431 g/mol. The van der Waals surface area contributed by atoms with Crippen LogP contribution in [-0.4, -0.2) is 50.7 Å². The molecule has 1 aromatic carbocycles. The van der Waals surface area contributed by atoms with E-state index in [4.69, 9.17) is 9.47 Å². The zero-order valence-electron chi connectivity index (χ0n) is 18.7. The number of aromatic nitrogens is 2. The van der Waals surface area contributed by atoms with E-state index >= 15 is 0 Å². The summed E-state index contributed by atoms with van der Waals surface area (Å²) in [5.74, 6) is 0.935. The van der Waals surface area contributed by atoms with Gasteiger partial charge in [0.2, 0.25) is 0 Å². The lowest BCUT2D eigenvalue weighted by Gasteiger charge is -2.33. The van der Waals surface area contributed by atoms with Gasteiger partial charge >= 0.3 is 11.8 Å². The van der Waals surface area contributed by atoms with E-state index in [9.17, 15) is 14.9 Å². The highest BCUT2D eigenvalue weighted by atomic mass is 16.6. The third-order valence-corrected chi connectivity index (χ3v) is 5.09. The van der Waals surface area contributed by atoms with Crippen LogP contribution in [0.5, 0.6) is 5.75 Å². The second kappa shape index (κ2) is 8.95. The molecule has 168 valence electrons. The lowest BCUT2D eigenvalue weighted by molar-refractivity contribution is -0.386. The van der Waals surface area contributed by atoms with Crippen molar-refractivity contribution in [3.63, 3.8) is 0 Å². The van der Waals surface area contributed by atoms with E-state index in [2.05, 4.69) is 9.97 Å². The smallest absolute Gasteiger partial charge is 0.410 e. The van der Waals surface area contributed by atoms with E-state index in [1.165, 1.54) is 0 Å². The lowest BCUT2D eigenvalue weighted by atomic mass is 9.95. The number of benzene rings is 1. The van der Waals surface area contributed by atoms with Crippen LogP contribution in [0.25, 0.3) is 11.4 Å². The predicted molar refractivity (Wildman–Crippen MR) is 116 cm³/mol. The number of nitrogens with one attached hydrogen (secondary N) is 1. The largest absolute Gasteiger partial charge is 0.483 e. The number of carbonyl (C=O) groups excluding carboxylic acids is 1. The van der Waals surface area contributed by atoms with Gasteiger partial charge in [0, 0.05) is 50.0 Å². The van der Waals surface area contributed by atoms with Gasteiger partial charge in [-0.15, -0.1) is 0 Å². The van der Waals surface area contributed by atoms with Gasteiger partial charge in [-0.2, -0.15) is 0 Å². The number of carbonyl (C=O) groups is 1. The number of nitrogens with zero attached hydrogens (tertiary/aromatic N) is 3. The van der Waals surface area contributed by atoms with Gasteiger partial charge < -0.3 is 19.4 Å². The van der Waals surface area contributed by atoms with Crippen LogP contribution in [0.2, 0.25) is 0 Å². The average Bonchev–Trinajstić information content (AvgIpc) is 3.21. The Morgan fingerprint density at radius 3 is 2.48 bits per heavy atom. The maximum absolute atomic E-state index is 12.3. The first-order valence-corrected chi connectivity index (χ1v) is 10.5. The van der Waals surface area contributed by atoms with Crippen molar-refractivity contribution < 1.29 is 19.2 Å². The number of likely N-dealkylation sites (tertiary alicyclic amines) is 1. The number of hydrogen-bond acceptors (Lipinski definition) is 6. The molecular formula is C22H30N4O5. The Kier molecular flexibility index (Phi) is 6.52. The molecule has 1 aromatic heterocycles. The summed E-state index contributed by atoms with van der Waals surface area (Å²) in [6.07, 6.45) is 3.92. The summed E-state index contributed by atoms with van der Waals surface area (Å²) in [6.45, 7) is 10.4. The fourth-order valence-electron chi connectivity index (χ4n) is 3.58. The van der Waals surface area contributed by atoms with Crippen molar-refractivity contribution in [2.45, 2.75) is 65.1 Å². The SMILES string of the molecule is CC(C)c1cc([N+](=O)[O-])c(OC2CCN(C(=O)OC(C)(C)C)CC2)cc1-c1ncc[nH]1. The van der Waals surface area contributed by atoms with E-state index < -0.39 is 10.5 Å². The van der Waals surface area contributed by atoms with Crippen LogP contribution < -0.4 is 4.74 Å². The van der Waals surface area contributed by atoms with Crippen LogP contribution in [0, 0.1) is 10.1 Å². The van der Waals surface area contributed by atoms with Crippen LogP contribution in [0.3, 0.4) is 0 Å². The normalized spacial score (nSPS) is 15.2. The van der Waals surface area contributed by atoms with Gasteiger partial charge in [-0.05, 0) is 38.3 Å². The fourth-order valence-corrected chi connectivity index (χ4v) is 3.58. The molecule has 1 saturated heterocycles. The van der Waals surface area contributed by atoms with Crippen molar-refractivity contribution in [3.05, 3.63) is 40.2 Å². The van der Waals surface area contributed by atoms with Crippen molar-refractivity contribution >= 4 is 11.8 Å². The maximum atomic E-state index is 12.3. The summed E-state index contributed by atoms with van der Waals surface area (Å²) >= 11 is 0. The van der Waals surface area contributed by atoms with E-state index in [1.807, 2.05) is 34.6 Å². The number of nitro groups is 1. The van der Waals surface area contributed by atoms with E-state index in [1.54, 1.807) is 29.4 Å². The topological polar surface area (TPSA) is 111 Å². The van der Waals surface area contributed by atoms with Gasteiger partial charge in [0.1, 0.15) is 17.5 Å². The van der Waals surface area contributed by atoms with Gasteiger partial charge in [0.05, 0.1) is 4.92 Å². The number of nitro benzene ring substituents is 1. The van der Waals surface area contributed by atoms with Gasteiger partial charge in [-0.25, -0.2) is 9.78 Å². The van der Waals surface area contributed by atoms with Crippen molar-refractivity contribution in [2.75, 3.05) is 13.1 Å². The quantitative estimate of drug-likeness (QED) is 0.534. The molecule has 0 atom stereocenters. The minimum atomic E-state index is -0.550. The monoisotopic (exact) mass is 430 g/mol. The lowest BCUT2D eigenvalue weighted by Crippen LogP contribution is -2.44. The Labute approximate surface area is 181 Å². The van der Waals surface area contributed by atoms with Crippen LogP contribution in [0.4, 0.5) is 10.5 Å². The number of amides is 1. The Bertz CT molecular complexity index is 926. The summed E-state index contributed by atoms with van der Waals surface area (Å²) in [4.78, 5) is 32.6. The second-order valence-corrected chi connectivity index (χ2v) is 9.04. The number of rotatable bonds is 5. The van der Waals surface area contributed by atoms with Gasteiger partial charge in [0.15, 0.2) is 5.75 Å². The first-order chi connectivity index (χ1) is 14.5. The minimum Gasteiger partial charge on any atom is -0.483 e. The number of aromatic amines is 1. The molecule has 0 aliphatic carbocycles. The van der Waals surface area contributed by atoms with E-state index in [-0.39, 0.29) is 29.6 Å². The number of imidazole rings is 1. The molecule has 0 spiro atoms. The first-order valence-electron chi connectivity index (χ1n) is 10.5. The molecule has 1 amide bonds. The fraction of sp³-hybridized carbons (Fsp3) is 0.545. The molecule has 0 saturated carbocycles. The van der Waals surface area contributed by atoms with Crippen molar-refractivity contribution in [2.24, 2.45) is 0 Å². The Balaban J connectivity index is 1.79. The van der Waals surface area contributed by atoms with Crippen molar-refractivity contribution in [1.29, 1.82) is 0 Å². The van der Waals surface area contributed by atoms with Gasteiger partial charge in [-0.1, -0.05) is 13.8 Å².